The lowest BCUT2D eigenvalue weighted by molar-refractivity contribution is -0.121. The van der Waals surface area contributed by atoms with Gasteiger partial charge in [-0.3, -0.25) is 9.48 Å². The first kappa shape index (κ1) is 21.0. The van der Waals surface area contributed by atoms with Gasteiger partial charge in [0, 0.05) is 24.4 Å². The zero-order valence-electron chi connectivity index (χ0n) is 16.6. The normalized spacial score (nSPS) is 16.4. The van der Waals surface area contributed by atoms with Crippen molar-refractivity contribution in [2.75, 3.05) is 13.1 Å². The highest BCUT2D eigenvalue weighted by Gasteiger charge is 2.32. The summed E-state index contributed by atoms with van der Waals surface area (Å²) >= 11 is 1.60. The molecule has 3 heterocycles. The van der Waals surface area contributed by atoms with Gasteiger partial charge in [0.05, 0.1) is 24.5 Å². The summed E-state index contributed by atoms with van der Waals surface area (Å²) in [5.74, 6) is 0.486. The zero-order chi connectivity index (χ0) is 20.3. The monoisotopic (exact) mass is 424 g/mol. The van der Waals surface area contributed by atoms with Crippen LogP contribution in [-0.2, 0) is 27.9 Å². The molecule has 2 aromatic heterocycles. The number of thiophene rings is 1. The van der Waals surface area contributed by atoms with Crippen LogP contribution >= 0.6 is 11.3 Å². The van der Waals surface area contributed by atoms with Gasteiger partial charge in [-0.15, -0.1) is 11.3 Å². The SMILES string of the molecule is Cc1nn(CCC(=O)NCc2cccs2)c(C)c1S(=O)(=O)N1CCC(C)CC1. The summed E-state index contributed by atoms with van der Waals surface area (Å²) in [5.41, 5.74) is 1.09. The Labute approximate surface area is 170 Å². The van der Waals surface area contributed by atoms with Crippen molar-refractivity contribution >= 4 is 27.3 Å². The Balaban J connectivity index is 1.65. The minimum absolute atomic E-state index is 0.0737. The van der Waals surface area contributed by atoms with Crippen LogP contribution in [0.15, 0.2) is 22.4 Å². The van der Waals surface area contributed by atoms with Crippen LogP contribution in [0.2, 0.25) is 0 Å². The molecule has 1 fully saturated rings. The quantitative estimate of drug-likeness (QED) is 0.741. The first-order valence-electron chi connectivity index (χ1n) is 9.62. The Hall–Kier alpha value is -1.71. The van der Waals surface area contributed by atoms with E-state index in [2.05, 4.69) is 17.3 Å². The minimum atomic E-state index is -3.55. The Kier molecular flexibility index (Phi) is 6.57. The molecule has 1 aliphatic rings. The first-order valence-corrected chi connectivity index (χ1v) is 11.9. The predicted octanol–water partition coefficient (Wildman–Crippen LogP) is 2.69. The van der Waals surface area contributed by atoms with Gasteiger partial charge in [0.2, 0.25) is 15.9 Å². The van der Waals surface area contributed by atoms with Gasteiger partial charge in [-0.1, -0.05) is 13.0 Å². The number of carbonyl (C=O) groups excluding carboxylic acids is 1. The Morgan fingerprint density at radius 3 is 2.68 bits per heavy atom. The number of aryl methyl sites for hydroxylation is 2. The van der Waals surface area contributed by atoms with Gasteiger partial charge < -0.3 is 5.32 Å². The summed E-state index contributed by atoms with van der Waals surface area (Å²) in [4.78, 5) is 13.5. The number of hydrogen-bond acceptors (Lipinski definition) is 5. The van der Waals surface area contributed by atoms with Crippen molar-refractivity contribution < 1.29 is 13.2 Å². The van der Waals surface area contributed by atoms with E-state index in [-0.39, 0.29) is 12.3 Å². The molecule has 9 heteroatoms. The molecule has 1 saturated heterocycles. The maximum Gasteiger partial charge on any atom is 0.246 e. The number of carbonyl (C=O) groups is 1. The number of aromatic nitrogens is 2. The van der Waals surface area contributed by atoms with Crippen LogP contribution in [0.1, 0.15) is 42.5 Å². The number of nitrogens with one attached hydrogen (secondary N) is 1. The fourth-order valence-corrected chi connectivity index (χ4v) is 6.01. The highest BCUT2D eigenvalue weighted by atomic mass is 32.2. The lowest BCUT2D eigenvalue weighted by Crippen LogP contribution is -2.38. The number of rotatable bonds is 7. The summed E-state index contributed by atoms with van der Waals surface area (Å²) in [7, 11) is -3.55. The molecule has 0 spiro atoms. The lowest BCUT2D eigenvalue weighted by atomic mass is 10.0. The minimum Gasteiger partial charge on any atom is -0.351 e. The maximum absolute atomic E-state index is 13.1. The molecule has 0 unspecified atom stereocenters. The van der Waals surface area contributed by atoms with Crippen molar-refractivity contribution in [2.24, 2.45) is 5.92 Å². The highest BCUT2D eigenvalue weighted by Crippen LogP contribution is 2.27. The third kappa shape index (κ3) is 4.64. The Morgan fingerprint density at radius 2 is 2.04 bits per heavy atom. The summed E-state index contributed by atoms with van der Waals surface area (Å²) in [6.45, 7) is 7.62. The fourth-order valence-electron chi connectivity index (χ4n) is 3.52. The molecular formula is C19H28N4O3S2. The molecule has 3 rings (SSSR count). The van der Waals surface area contributed by atoms with E-state index in [1.54, 1.807) is 34.2 Å². The fraction of sp³-hybridized carbons (Fsp3) is 0.579. The molecule has 0 aliphatic carbocycles. The van der Waals surface area contributed by atoms with Crippen molar-refractivity contribution in [3.8, 4) is 0 Å². The molecule has 154 valence electrons. The molecule has 0 saturated carbocycles. The zero-order valence-corrected chi connectivity index (χ0v) is 18.3. The van der Waals surface area contributed by atoms with Gasteiger partial charge in [-0.05, 0) is 44.1 Å². The molecule has 2 aromatic rings. The number of piperidine rings is 1. The smallest absolute Gasteiger partial charge is 0.246 e. The molecule has 1 aliphatic heterocycles. The number of hydrogen-bond donors (Lipinski definition) is 1. The number of nitrogens with zero attached hydrogens (tertiary/aromatic N) is 3. The molecule has 1 N–H and O–H groups in total. The van der Waals surface area contributed by atoms with Gasteiger partial charge in [0.1, 0.15) is 4.90 Å². The number of sulfonamides is 1. The maximum atomic E-state index is 13.1. The predicted molar refractivity (Wildman–Crippen MR) is 110 cm³/mol. The first-order chi connectivity index (χ1) is 13.3. The van der Waals surface area contributed by atoms with Crippen LogP contribution in [0, 0.1) is 19.8 Å². The second-order valence-electron chi connectivity index (χ2n) is 7.42. The van der Waals surface area contributed by atoms with E-state index in [0.29, 0.717) is 48.4 Å². The van der Waals surface area contributed by atoms with E-state index >= 15 is 0 Å². The third-order valence-electron chi connectivity index (χ3n) is 5.25. The number of amides is 1. The van der Waals surface area contributed by atoms with Crippen molar-refractivity contribution in [3.05, 3.63) is 33.8 Å². The van der Waals surface area contributed by atoms with Crippen molar-refractivity contribution in [2.45, 2.75) is 58.0 Å². The average molecular weight is 425 g/mol. The summed E-state index contributed by atoms with van der Waals surface area (Å²) in [6.07, 6.45) is 2.03. The molecule has 28 heavy (non-hydrogen) atoms. The molecule has 1 amide bonds. The van der Waals surface area contributed by atoms with Gasteiger partial charge in [-0.25, -0.2) is 8.42 Å². The Bertz CT molecular complexity index is 911. The Morgan fingerprint density at radius 1 is 1.32 bits per heavy atom. The van der Waals surface area contributed by atoms with E-state index in [1.165, 1.54) is 0 Å². The summed E-state index contributed by atoms with van der Waals surface area (Å²) in [5, 5.41) is 9.26. The van der Waals surface area contributed by atoms with Gasteiger partial charge >= 0.3 is 0 Å². The van der Waals surface area contributed by atoms with Crippen LogP contribution in [0.3, 0.4) is 0 Å². The third-order valence-corrected chi connectivity index (χ3v) is 8.27. The van der Waals surface area contributed by atoms with Gasteiger partial charge in [0.15, 0.2) is 0 Å². The lowest BCUT2D eigenvalue weighted by Gasteiger charge is -2.29. The van der Waals surface area contributed by atoms with E-state index in [0.717, 1.165) is 17.7 Å². The standard InChI is InChI=1S/C19H28N4O3S2/c1-14-6-9-22(10-7-14)28(25,26)19-15(2)21-23(16(19)3)11-8-18(24)20-13-17-5-4-12-27-17/h4-5,12,14H,6-11,13H2,1-3H3,(H,20,24). The molecule has 0 atom stereocenters. The summed E-state index contributed by atoms with van der Waals surface area (Å²) in [6, 6.07) is 3.93. The molecule has 7 nitrogen and oxygen atoms in total. The average Bonchev–Trinajstić information content (AvgIpc) is 3.26. The largest absolute Gasteiger partial charge is 0.351 e. The van der Waals surface area contributed by atoms with Gasteiger partial charge in [-0.2, -0.15) is 9.40 Å². The second-order valence-corrected chi connectivity index (χ2v) is 10.3. The highest BCUT2D eigenvalue weighted by molar-refractivity contribution is 7.89. The summed E-state index contributed by atoms with van der Waals surface area (Å²) < 4.78 is 29.4. The van der Waals surface area contributed by atoms with E-state index in [1.807, 2.05) is 17.5 Å². The molecule has 0 bridgehead atoms. The molecule has 0 radical (unpaired) electrons. The van der Waals surface area contributed by atoms with E-state index in [4.69, 9.17) is 0 Å². The van der Waals surface area contributed by atoms with Crippen LogP contribution < -0.4 is 5.32 Å². The molecule has 0 aromatic carbocycles. The van der Waals surface area contributed by atoms with E-state index < -0.39 is 10.0 Å². The van der Waals surface area contributed by atoms with Crippen LogP contribution in [0.5, 0.6) is 0 Å². The topological polar surface area (TPSA) is 84.3 Å². The second kappa shape index (κ2) is 8.75. The van der Waals surface area contributed by atoms with Crippen molar-refractivity contribution in [1.82, 2.24) is 19.4 Å². The van der Waals surface area contributed by atoms with Crippen LogP contribution in [0.25, 0.3) is 0 Å². The van der Waals surface area contributed by atoms with Crippen molar-refractivity contribution in [1.29, 1.82) is 0 Å². The van der Waals surface area contributed by atoms with E-state index in [9.17, 15) is 13.2 Å². The van der Waals surface area contributed by atoms with Crippen LogP contribution in [-0.4, -0.2) is 41.5 Å². The van der Waals surface area contributed by atoms with Crippen molar-refractivity contribution in [3.63, 3.8) is 0 Å². The van der Waals surface area contributed by atoms with Gasteiger partial charge in [0.25, 0.3) is 0 Å². The van der Waals surface area contributed by atoms with Crippen LogP contribution in [0.4, 0.5) is 0 Å². The molecular weight excluding hydrogens is 396 g/mol.